The van der Waals surface area contributed by atoms with Gasteiger partial charge in [-0.3, -0.25) is 0 Å². The Morgan fingerprint density at radius 3 is 2.83 bits per heavy atom. The van der Waals surface area contributed by atoms with E-state index in [4.69, 9.17) is 4.98 Å². The topological polar surface area (TPSA) is 78.4 Å². The van der Waals surface area contributed by atoms with Crippen LogP contribution in [-0.2, 0) is 6.42 Å². The number of piperidine rings is 1. The number of imidazole rings is 2. The summed E-state index contributed by atoms with van der Waals surface area (Å²) >= 11 is 0. The van der Waals surface area contributed by atoms with Crippen molar-refractivity contribution >= 4 is 11.2 Å². The fourth-order valence-corrected chi connectivity index (χ4v) is 3.41. The van der Waals surface area contributed by atoms with Crippen LogP contribution in [0.3, 0.4) is 0 Å². The second-order valence-electron chi connectivity index (χ2n) is 6.79. The fraction of sp³-hybridized carbons (Fsp3) is 0.588. The molecule has 3 aromatic heterocycles. The maximum atomic E-state index is 4.79. The van der Waals surface area contributed by atoms with Crippen LogP contribution in [0.1, 0.15) is 44.5 Å². The Balaban J connectivity index is 1.58. The third kappa shape index (κ3) is 2.84. The average molecular weight is 327 g/mol. The van der Waals surface area contributed by atoms with Gasteiger partial charge in [-0.1, -0.05) is 13.3 Å². The van der Waals surface area contributed by atoms with Gasteiger partial charge in [0.25, 0.3) is 0 Å². The van der Waals surface area contributed by atoms with Gasteiger partial charge in [-0.05, 0) is 39.4 Å². The molecule has 7 heteroatoms. The van der Waals surface area contributed by atoms with E-state index in [2.05, 4.69) is 43.6 Å². The third-order valence-corrected chi connectivity index (χ3v) is 4.92. The number of hydrogen-bond donors (Lipinski definition) is 2. The van der Waals surface area contributed by atoms with Crippen LogP contribution >= 0.6 is 0 Å². The molecule has 0 saturated carbocycles. The van der Waals surface area contributed by atoms with Gasteiger partial charge >= 0.3 is 0 Å². The van der Waals surface area contributed by atoms with E-state index >= 15 is 0 Å². The first-order valence-corrected chi connectivity index (χ1v) is 8.90. The van der Waals surface area contributed by atoms with Crippen molar-refractivity contribution in [3.05, 3.63) is 18.2 Å². The maximum absolute atomic E-state index is 4.79. The molecule has 0 spiro atoms. The SMILES string of the molecule is CCCCc1ncc(-c2nc3c(cnn3C3CCN(C)CC3)[nH]2)[nH]1. The Bertz CT molecular complexity index is 804. The van der Waals surface area contributed by atoms with Crippen LogP contribution in [0.2, 0.25) is 0 Å². The molecule has 0 bridgehead atoms. The minimum atomic E-state index is 0.441. The summed E-state index contributed by atoms with van der Waals surface area (Å²) in [4.78, 5) is 18.4. The number of H-pyrrole nitrogens is 2. The van der Waals surface area contributed by atoms with Crippen molar-refractivity contribution in [1.29, 1.82) is 0 Å². The van der Waals surface area contributed by atoms with Crippen LogP contribution in [0.4, 0.5) is 0 Å². The van der Waals surface area contributed by atoms with Crippen LogP contribution in [0, 0.1) is 0 Å². The molecule has 1 fully saturated rings. The predicted octanol–water partition coefficient (Wildman–Crippen LogP) is 2.76. The first-order valence-electron chi connectivity index (χ1n) is 8.90. The third-order valence-electron chi connectivity index (χ3n) is 4.92. The second-order valence-corrected chi connectivity index (χ2v) is 6.79. The smallest absolute Gasteiger partial charge is 0.177 e. The summed E-state index contributed by atoms with van der Waals surface area (Å²) in [7, 11) is 2.18. The van der Waals surface area contributed by atoms with Crippen molar-refractivity contribution in [1.82, 2.24) is 34.6 Å². The van der Waals surface area contributed by atoms with E-state index in [-0.39, 0.29) is 0 Å². The summed E-state index contributed by atoms with van der Waals surface area (Å²) in [5.41, 5.74) is 2.89. The van der Waals surface area contributed by atoms with Crippen molar-refractivity contribution in [3.8, 4) is 11.5 Å². The standard InChI is InChI=1S/C17H25N7/c1-3-4-5-15-18-10-13(20-15)16-21-14-11-19-24(17(14)22-16)12-6-8-23(2)9-7-12/h10-12H,3-9H2,1-2H3,(H,18,20)(H,21,22). The minimum Gasteiger partial charge on any atom is -0.339 e. The molecule has 128 valence electrons. The summed E-state index contributed by atoms with van der Waals surface area (Å²) in [5, 5.41) is 4.56. The van der Waals surface area contributed by atoms with Gasteiger partial charge in [-0.25, -0.2) is 14.6 Å². The molecule has 1 saturated heterocycles. The van der Waals surface area contributed by atoms with E-state index in [9.17, 15) is 0 Å². The van der Waals surface area contributed by atoms with Crippen LogP contribution in [0.5, 0.6) is 0 Å². The molecule has 7 nitrogen and oxygen atoms in total. The lowest BCUT2D eigenvalue weighted by Gasteiger charge is -2.28. The first-order chi connectivity index (χ1) is 11.7. The summed E-state index contributed by atoms with van der Waals surface area (Å²) in [6.07, 6.45) is 9.32. The van der Waals surface area contributed by atoms with Gasteiger partial charge < -0.3 is 14.9 Å². The van der Waals surface area contributed by atoms with E-state index < -0.39 is 0 Å². The van der Waals surface area contributed by atoms with E-state index in [0.717, 1.165) is 67.3 Å². The molecule has 1 aliphatic rings. The number of unbranched alkanes of at least 4 members (excludes halogenated alkanes) is 1. The number of nitrogens with zero attached hydrogens (tertiary/aromatic N) is 5. The molecule has 0 unspecified atom stereocenters. The Morgan fingerprint density at radius 1 is 1.21 bits per heavy atom. The molecule has 0 aliphatic carbocycles. The summed E-state index contributed by atoms with van der Waals surface area (Å²) in [6, 6.07) is 0.441. The number of likely N-dealkylation sites (tertiary alicyclic amines) is 1. The predicted molar refractivity (Wildman–Crippen MR) is 93.8 cm³/mol. The molecule has 4 heterocycles. The largest absolute Gasteiger partial charge is 0.339 e. The summed E-state index contributed by atoms with van der Waals surface area (Å²) < 4.78 is 2.09. The second kappa shape index (κ2) is 6.39. The first kappa shape index (κ1) is 15.4. The van der Waals surface area contributed by atoms with Gasteiger partial charge in [0.15, 0.2) is 11.5 Å². The van der Waals surface area contributed by atoms with Crippen molar-refractivity contribution in [2.45, 2.75) is 45.1 Å². The number of aryl methyl sites for hydroxylation is 1. The zero-order valence-electron chi connectivity index (χ0n) is 14.4. The minimum absolute atomic E-state index is 0.441. The molecule has 4 rings (SSSR count). The lowest BCUT2D eigenvalue weighted by Crippen LogP contribution is -2.31. The number of aromatic amines is 2. The fourth-order valence-electron chi connectivity index (χ4n) is 3.41. The van der Waals surface area contributed by atoms with E-state index in [0.29, 0.717) is 6.04 Å². The lowest BCUT2D eigenvalue weighted by atomic mass is 10.1. The number of rotatable bonds is 5. The Hall–Kier alpha value is -2.15. The molecule has 3 aromatic rings. The molecular formula is C17H25N7. The van der Waals surface area contributed by atoms with Gasteiger partial charge in [-0.2, -0.15) is 5.10 Å². The van der Waals surface area contributed by atoms with Crippen molar-refractivity contribution in [3.63, 3.8) is 0 Å². The highest BCUT2D eigenvalue weighted by molar-refractivity contribution is 5.75. The van der Waals surface area contributed by atoms with Crippen molar-refractivity contribution in [2.75, 3.05) is 20.1 Å². The van der Waals surface area contributed by atoms with E-state index in [1.54, 1.807) is 0 Å². The van der Waals surface area contributed by atoms with Gasteiger partial charge in [0.05, 0.1) is 18.4 Å². The number of hydrogen-bond acceptors (Lipinski definition) is 4. The normalized spacial score (nSPS) is 17.1. The maximum Gasteiger partial charge on any atom is 0.177 e. The number of nitrogens with one attached hydrogen (secondary N) is 2. The van der Waals surface area contributed by atoms with E-state index in [1.165, 1.54) is 6.42 Å². The van der Waals surface area contributed by atoms with Crippen LogP contribution in [-0.4, -0.2) is 54.8 Å². The highest BCUT2D eigenvalue weighted by Crippen LogP contribution is 2.26. The van der Waals surface area contributed by atoms with Gasteiger partial charge in [0.1, 0.15) is 17.0 Å². The van der Waals surface area contributed by atoms with E-state index in [1.807, 2.05) is 12.4 Å². The molecule has 1 aliphatic heterocycles. The van der Waals surface area contributed by atoms with Gasteiger partial charge in [-0.15, -0.1) is 0 Å². The van der Waals surface area contributed by atoms with Crippen molar-refractivity contribution in [2.24, 2.45) is 0 Å². The quantitative estimate of drug-likeness (QED) is 0.755. The Morgan fingerprint density at radius 2 is 2.04 bits per heavy atom. The van der Waals surface area contributed by atoms with Gasteiger partial charge in [0.2, 0.25) is 0 Å². The highest BCUT2D eigenvalue weighted by atomic mass is 15.3. The molecule has 0 aromatic carbocycles. The molecule has 0 amide bonds. The zero-order valence-corrected chi connectivity index (χ0v) is 14.4. The summed E-state index contributed by atoms with van der Waals surface area (Å²) in [5.74, 6) is 1.88. The Kier molecular flexibility index (Phi) is 4.10. The van der Waals surface area contributed by atoms with Crippen LogP contribution in [0.25, 0.3) is 22.7 Å². The summed E-state index contributed by atoms with van der Waals surface area (Å²) in [6.45, 7) is 4.42. The monoisotopic (exact) mass is 327 g/mol. The van der Waals surface area contributed by atoms with Gasteiger partial charge in [0, 0.05) is 6.42 Å². The number of fused-ring (bicyclic) bond motifs is 1. The number of aromatic nitrogens is 6. The molecule has 24 heavy (non-hydrogen) atoms. The molecule has 0 atom stereocenters. The molecular weight excluding hydrogens is 302 g/mol. The zero-order chi connectivity index (χ0) is 16.5. The lowest BCUT2D eigenvalue weighted by molar-refractivity contribution is 0.215. The molecule has 0 radical (unpaired) electrons. The Labute approximate surface area is 141 Å². The average Bonchev–Trinajstić information content (AvgIpc) is 3.28. The molecule has 2 N–H and O–H groups in total. The highest BCUT2D eigenvalue weighted by Gasteiger charge is 2.22. The van der Waals surface area contributed by atoms with Crippen molar-refractivity contribution < 1.29 is 0 Å². The van der Waals surface area contributed by atoms with Crippen LogP contribution in [0.15, 0.2) is 12.4 Å². The van der Waals surface area contributed by atoms with Crippen LogP contribution < -0.4 is 0 Å².